The van der Waals surface area contributed by atoms with Gasteiger partial charge in [0, 0.05) is 26.0 Å². The molecule has 18 heavy (non-hydrogen) atoms. The molecule has 1 fully saturated rings. The minimum Gasteiger partial charge on any atom is -0.377 e. The highest BCUT2D eigenvalue weighted by Gasteiger charge is 2.33. The van der Waals surface area contributed by atoms with E-state index < -0.39 is 0 Å². The number of aryl methyl sites for hydroxylation is 2. The van der Waals surface area contributed by atoms with Crippen LogP contribution in [-0.2, 0) is 23.0 Å². The molecule has 0 N–H and O–H groups in total. The molecule has 1 aliphatic rings. The summed E-state index contributed by atoms with van der Waals surface area (Å²) in [6.45, 7) is 4.71. The van der Waals surface area contributed by atoms with E-state index in [4.69, 9.17) is 4.74 Å². The van der Waals surface area contributed by atoms with Crippen LogP contribution < -0.4 is 0 Å². The van der Waals surface area contributed by atoms with E-state index in [0.717, 1.165) is 28.7 Å². The number of ether oxygens (including phenoxy) is 1. The molecule has 4 nitrogen and oxygen atoms in total. The number of hydrogen-bond acceptors (Lipinski definition) is 3. The van der Waals surface area contributed by atoms with Crippen molar-refractivity contribution >= 4 is 21.7 Å². The largest absolute Gasteiger partial charge is 0.377 e. The topological polar surface area (TPSA) is 44.1 Å². The predicted octanol–water partition coefficient (Wildman–Crippen LogP) is 2.42. The van der Waals surface area contributed by atoms with Gasteiger partial charge in [-0.25, -0.2) is 0 Å². The summed E-state index contributed by atoms with van der Waals surface area (Å²) in [6, 6.07) is 0. The van der Waals surface area contributed by atoms with Gasteiger partial charge in [0.1, 0.15) is 5.78 Å². The van der Waals surface area contributed by atoms with Gasteiger partial charge in [-0.05, 0) is 35.7 Å². The summed E-state index contributed by atoms with van der Waals surface area (Å²) in [5.41, 5.74) is 1.88. The van der Waals surface area contributed by atoms with Crippen LogP contribution in [-0.4, -0.2) is 28.3 Å². The summed E-state index contributed by atoms with van der Waals surface area (Å²) in [5.74, 6) is 0.320. The van der Waals surface area contributed by atoms with Gasteiger partial charge in [-0.2, -0.15) is 5.10 Å². The lowest BCUT2D eigenvalue weighted by molar-refractivity contribution is -0.124. The summed E-state index contributed by atoms with van der Waals surface area (Å²) >= 11 is 3.50. The predicted molar refractivity (Wildman–Crippen MR) is 72.5 cm³/mol. The van der Waals surface area contributed by atoms with Gasteiger partial charge >= 0.3 is 0 Å². The van der Waals surface area contributed by atoms with Crippen molar-refractivity contribution in [2.24, 2.45) is 13.0 Å². The molecule has 1 aromatic rings. The van der Waals surface area contributed by atoms with E-state index in [-0.39, 0.29) is 17.8 Å². The third kappa shape index (κ3) is 2.52. The van der Waals surface area contributed by atoms with E-state index >= 15 is 0 Å². The fourth-order valence-electron chi connectivity index (χ4n) is 2.59. The van der Waals surface area contributed by atoms with Crippen LogP contribution in [0.4, 0.5) is 0 Å². The van der Waals surface area contributed by atoms with Gasteiger partial charge in [0.25, 0.3) is 0 Å². The molecule has 0 bridgehead atoms. The maximum atomic E-state index is 12.4. The molecule has 2 heterocycles. The van der Waals surface area contributed by atoms with Gasteiger partial charge < -0.3 is 4.74 Å². The second-order valence-electron chi connectivity index (χ2n) is 4.83. The zero-order valence-electron chi connectivity index (χ0n) is 11.1. The van der Waals surface area contributed by atoms with Crippen LogP contribution in [0.2, 0.25) is 0 Å². The van der Waals surface area contributed by atoms with Crippen LogP contribution in [0.15, 0.2) is 4.47 Å². The average Bonchev–Trinajstić information content (AvgIpc) is 2.90. The number of nitrogens with zero attached hydrogens (tertiary/aromatic N) is 2. The van der Waals surface area contributed by atoms with Crippen LogP contribution in [0.3, 0.4) is 0 Å². The molecule has 5 heteroatoms. The Labute approximate surface area is 116 Å². The first-order chi connectivity index (χ1) is 8.54. The van der Waals surface area contributed by atoms with E-state index in [1.807, 2.05) is 14.0 Å². The number of aromatic nitrogens is 2. The molecular formula is C13H19BrN2O2. The number of carbonyl (C=O) groups is 1. The number of Topliss-reactive ketones (excluding diaryl/α,β-unsaturated/α-hetero) is 1. The van der Waals surface area contributed by atoms with Crippen LogP contribution in [0.1, 0.15) is 31.2 Å². The number of halogens is 1. The minimum absolute atomic E-state index is 0.0529. The summed E-state index contributed by atoms with van der Waals surface area (Å²) < 4.78 is 8.32. The Morgan fingerprint density at radius 1 is 1.61 bits per heavy atom. The highest BCUT2D eigenvalue weighted by Crippen LogP contribution is 2.27. The zero-order valence-corrected chi connectivity index (χ0v) is 12.7. The number of ketones is 1. The van der Waals surface area contributed by atoms with Crippen molar-refractivity contribution in [3.63, 3.8) is 0 Å². The van der Waals surface area contributed by atoms with Gasteiger partial charge in [-0.1, -0.05) is 6.92 Å². The zero-order chi connectivity index (χ0) is 13.3. The van der Waals surface area contributed by atoms with Crippen molar-refractivity contribution in [3.8, 4) is 0 Å². The van der Waals surface area contributed by atoms with Gasteiger partial charge in [-0.15, -0.1) is 0 Å². The quantitative estimate of drug-likeness (QED) is 0.857. The Hall–Kier alpha value is -0.680. The molecule has 0 saturated carbocycles. The highest BCUT2D eigenvalue weighted by atomic mass is 79.9. The molecule has 1 saturated heterocycles. The second-order valence-corrected chi connectivity index (χ2v) is 5.62. The Balaban J connectivity index is 2.11. The summed E-state index contributed by atoms with van der Waals surface area (Å²) in [6.07, 6.45) is 2.29. The molecule has 2 unspecified atom stereocenters. The number of rotatable bonds is 4. The van der Waals surface area contributed by atoms with Crippen LogP contribution in [0.25, 0.3) is 0 Å². The fraction of sp³-hybridized carbons (Fsp3) is 0.692. The van der Waals surface area contributed by atoms with Crippen molar-refractivity contribution in [2.45, 2.75) is 39.2 Å². The monoisotopic (exact) mass is 314 g/mol. The van der Waals surface area contributed by atoms with Crippen LogP contribution in [0, 0.1) is 12.8 Å². The van der Waals surface area contributed by atoms with E-state index in [0.29, 0.717) is 13.0 Å². The molecule has 0 radical (unpaired) electrons. The van der Waals surface area contributed by atoms with Gasteiger partial charge in [0.2, 0.25) is 0 Å². The lowest BCUT2D eigenvalue weighted by atomic mass is 9.92. The van der Waals surface area contributed by atoms with Crippen molar-refractivity contribution in [3.05, 3.63) is 15.9 Å². The molecule has 1 aliphatic heterocycles. The summed E-state index contributed by atoms with van der Waals surface area (Å²) in [4.78, 5) is 12.4. The SMILES string of the molecule is CCC1OCCC1C(=O)Cc1c(Br)c(C)nn1C. The first-order valence-corrected chi connectivity index (χ1v) is 7.16. The minimum atomic E-state index is 0.0529. The molecule has 2 atom stereocenters. The maximum Gasteiger partial charge on any atom is 0.144 e. The molecular weight excluding hydrogens is 296 g/mol. The Morgan fingerprint density at radius 3 is 2.89 bits per heavy atom. The smallest absolute Gasteiger partial charge is 0.144 e. The standard InChI is InChI=1S/C13H19BrN2O2/c1-4-12-9(5-6-18-12)11(17)7-10-13(14)8(2)15-16(10)3/h9,12H,4-7H2,1-3H3. The van der Waals surface area contributed by atoms with E-state index in [1.54, 1.807) is 4.68 Å². The molecule has 2 rings (SSSR count). The van der Waals surface area contributed by atoms with Crippen molar-refractivity contribution in [1.82, 2.24) is 9.78 Å². The first kappa shape index (κ1) is 13.7. The third-order valence-electron chi connectivity index (χ3n) is 3.63. The molecule has 100 valence electrons. The number of carbonyl (C=O) groups excluding carboxylic acids is 1. The maximum absolute atomic E-state index is 12.4. The highest BCUT2D eigenvalue weighted by molar-refractivity contribution is 9.10. The van der Waals surface area contributed by atoms with Gasteiger partial charge in [-0.3, -0.25) is 9.48 Å². The van der Waals surface area contributed by atoms with Gasteiger partial charge in [0.05, 0.1) is 22.0 Å². The average molecular weight is 315 g/mol. The Kier molecular flexibility index (Phi) is 4.22. The summed E-state index contributed by atoms with van der Waals surface area (Å²) in [7, 11) is 1.88. The molecule has 0 aliphatic carbocycles. The lowest BCUT2D eigenvalue weighted by Gasteiger charge is -2.15. The molecule has 0 aromatic carbocycles. The van der Waals surface area contributed by atoms with Crippen molar-refractivity contribution < 1.29 is 9.53 Å². The van der Waals surface area contributed by atoms with Crippen LogP contribution >= 0.6 is 15.9 Å². The fourth-order valence-corrected chi connectivity index (χ4v) is 3.06. The Bertz CT molecular complexity index is 456. The Morgan fingerprint density at radius 2 is 2.33 bits per heavy atom. The van der Waals surface area contributed by atoms with E-state index in [9.17, 15) is 4.79 Å². The van der Waals surface area contributed by atoms with Crippen molar-refractivity contribution in [2.75, 3.05) is 6.61 Å². The van der Waals surface area contributed by atoms with Crippen LogP contribution in [0.5, 0.6) is 0 Å². The number of hydrogen-bond donors (Lipinski definition) is 0. The lowest BCUT2D eigenvalue weighted by Crippen LogP contribution is -2.25. The molecule has 1 aromatic heterocycles. The van der Waals surface area contributed by atoms with E-state index in [1.165, 1.54) is 0 Å². The van der Waals surface area contributed by atoms with Crippen molar-refractivity contribution in [1.29, 1.82) is 0 Å². The summed E-state index contributed by atoms with van der Waals surface area (Å²) in [5, 5.41) is 4.32. The third-order valence-corrected chi connectivity index (χ3v) is 4.66. The van der Waals surface area contributed by atoms with E-state index in [2.05, 4.69) is 28.0 Å². The molecule has 0 spiro atoms. The second kappa shape index (κ2) is 5.53. The normalized spacial score (nSPS) is 23.6. The molecule has 0 amide bonds. The first-order valence-electron chi connectivity index (χ1n) is 6.36. The van der Waals surface area contributed by atoms with Gasteiger partial charge in [0.15, 0.2) is 0 Å².